The van der Waals surface area contributed by atoms with Crippen molar-refractivity contribution in [2.75, 3.05) is 52.4 Å². The van der Waals surface area contributed by atoms with Crippen molar-refractivity contribution in [3.05, 3.63) is 0 Å². The molecule has 2 aliphatic heterocycles. The Bertz CT molecular complexity index is 257. The van der Waals surface area contributed by atoms with E-state index in [0.29, 0.717) is 0 Å². The SMILES string of the molecule is CCN1CCN(C2CC3(C2)CN(CC)C3)CC1. The van der Waals surface area contributed by atoms with Gasteiger partial charge in [-0.3, -0.25) is 4.90 Å². The lowest BCUT2D eigenvalue weighted by Gasteiger charge is -2.61. The molecular formula is C14H27N3. The zero-order valence-electron chi connectivity index (χ0n) is 11.5. The van der Waals surface area contributed by atoms with Crippen LogP contribution in [0.2, 0.25) is 0 Å². The number of rotatable bonds is 3. The van der Waals surface area contributed by atoms with Crippen LogP contribution in [0.25, 0.3) is 0 Å². The van der Waals surface area contributed by atoms with Gasteiger partial charge in [-0.15, -0.1) is 0 Å². The molecule has 0 unspecified atom stereocenters. The molecule has 0 aromatic heterocycles. The Morgan fingerprint density at radius 3 is 2.00 bits per heavy atom. The number of hydrogen-bond acceptors (Lipinski definition) is 3. The van der Waals surface area contributed by atoms with E-state index in [1.54, 1.807) is 0 Å². The van der Waals surface area contributed by atoms with Gasteiger partial charge in [-0.05, 0) is 31.3 Å². The molecule has 2 heterocycles. The van der Waals surface area contributed by atoms with E-state index >= 15 is 0 Å². The zero-order chi connectivity index (χ0) is 11.9. The minimum absolute atomic E-state index is 0.753. The minimum atomic E-state index is 0.753. The van der Waals surface area contributed by atoms with E-state index in [9.17, 15) is 0 Å². The Morgan fingerprint density at radius 2 is 1.47 bits per heavy atom. The summed E-state index contributed by atoms with van der Waals surface area (Å²) in [5, 5.41) is 0. The molecule has 3 fully saturated rings. The van der Waals surface area contributed by atoms with Gasteiger partial charge in [0.1, 0.15) is 0 Å². The first-order valence-electron chi connectivity index (χ1n) is 7.43. The highest BCUT2D eigenvalue weighted by atomic mass is 15.3. The molecule has 17 heavy (non-hydrogen) atoms. The molecule has 3 nitrogen and oxygen atoms in total. The monoisotopic (exact) mass is 237 g/mol. The molecule has 3 rings (SSSR count). The second kappa shape index (κ2) is 4.52. The first-order chi connectivity index (χ1) is 8.24. The Labute approximate surface area is 106 Å². The van der Waals surface area contributed by atoms with E-state index in [4.69, 9.17) is 0 Å². The summed E-state index contributed by atoms with van der Waals surface area (Å²) in [7, 11) is 0. The van der Waals surface area contributed by atoms with Gasteiger partial charge < -0.3 is 9.80 Å². The van der Waals surface area contributed by atoms with E-state index in [-0.39, 0.29) is 0 Å². The van der Waals surface area contributed by atoms with Crippen molar-refractivity contribution in [1.29, 1.82) is 0 Å². The average Bonchev–Trinajstić information content (AvgIpc) is 2.27. The molecule has 3 aliphatic rings. The Hall–Kier alpha value is -0.120. The van der Waals surface area contributed by atoms with E-state index < -0.39 is 0 Å². The fourth-order valence-corrected chi connectivity index (χ4v) is 4.03. The second-order valence-corrected chi connectivity index (χ2v) is 6.34. The summed E-state index contributed by atoms with van der Waals surface area (Å²) >= 11 is 0. The van der Waals surface area contributed by atoms with Crippen LogP contribution in [0.3, 0.4) is 0 Å². The van der Waals surface area contributed by atoms with Crippen LogP contribution in [0, 0.1) is 5.41 Å². The van der Waals surface area contributed by atoms with Crippen LogP contribution in [0.5, 0.6) is 0 Å². The van der Waals surface area contributed by atoms with Gasteiger partial charge in [-0.1, -0.05) is 13.8 Å². The summed E-state index contributed by atoms with van der Waals surface area (Å²) in [6.45, 7) is 15.0. The van der Waals surface area contributed by atoms with Crippen LogP contribution in [0.4, 0.5) is 0 Å². The maximum absolute atomic E-state index is 2.76. The molecule has 0 aromatic rings. The normalized spacial score (nSPS) is 31.4. The molecule has 0 amide bonds. The number of likely N-dealkylation sites (tertiary alicyclic amines) is 1. The standard InChI is InChI=1S/C14H27N3/c1-3-15-5-7-17(8-6-15)13-9-14(10-13)11-16(4-2)12-14/h13H,3-12H2,1-2H3. The van der Waals surface area contributed by atoms with Crippen LogP contribution >= 0.6 is 0 Å². The lowest BCUT2D eigenvalue weighted by atomic mass is 9.60. The van der Waals surface area contributed by atoms with Crippen LogP contribution < -0.4 is 0 Å². The molecule has 98 valence electrons. The van der Waals surface area contributed by atoms with Gasteiger partial charge in [0.05, 0.1) is 0 Å². The summed E-state index contributed by atoms with van der Waals surface area (Å²) in [5.74, 6) is 0. The lowest BCUT2D eigenvalue weighted by Crippen LogP contribution is -2.67. The Morgan fingerprint density at radius 1 is 0.882 bits per heavy atom. The van der Waals surface area contributed by atoms with Crippen molar-refractivity contribution in [1.82, 2.24) is 14.7 Å². The predicted molar refractivity (Wildman–Crippen MR) is 71.3 cm³/mol. The van der Waals surface area contributed by atoms with Crippen LogP contribution in [-0.4, -0.2) is 73.1 Å². The van der Waals surface area contributed by atoms with Crippen molar-refractivity contribution in [3.63, 3.8) is 0 Å². The fraction of sp³-hybridized carbons (Fsp3) is 1.00. The van der Waals surface area contributed by atoms with Crippen molar-refractivity contribution in [2.24, 2.45) is 5.41 Å². The predicted octanol–water partition coefficient (Wildman–Crippen LogP) is 1.11. The molecule has 0 bridgehead atoms. The number of piperazine rings is 1. The number of nitrogens with zero attached hydrogens (tertiary/aromatic N) is 3. The largest absolute Gasteiger partial charge is 0.302 e. The molecular weight excluding hydrogens is 210 g/mol. The summed E-state index contributed by atoms with van der Waals surface area (Å²) in [4.78, 5) is 7.92. The van der Waals surface area contributed by atoms with Gasteiger partial charge >= 0.3 is 0 Å². The van der Waals surface area contributed by atoms with Gasteiger partial charge in [-0.25, -0.2) is 0 Å². The lowest BCUT2D eigenvalue weighted by molar-refractivity contribution is -0.112. The second-order valence-electron chi connectivity index (χ2n) is 6.34. The van der Waals surface area contributed by atoms with Gasteiger partial charge in [0.15, 0.2) is 0 Å². The summed E-state index contributed by atoms with van der Waals surface area (Å²) in [5.41, 5.74) is 0.753. The molecule has 1 saturated carbocycles. The molecule has 0 aromatic carbocycles. The van der Waals surface area contributed by atoms with Crippen LogP contribution in [0.15, 0.2) is 0 Å². The molecule has 2 saturated heterocycles. The highest BCUT2D eigenvalue weighted by molar-refractivity contribution is 5.07. The van der Waals surface area contributed by atoms with Gasteiger partial charge in [0.25, 0.3) is 0 Å². The molecule has 0 atom stereocenters. The molecule has 1 spiro atoms. The summed E-state index contributed by atoms with van der Waals surface area (Å²) in [6, 6.07) is 0.924. The summed E-state index contributed by atoms with van der Waals surface area (Å²) < 4.78 is 0. The van der Waals surface area contributed by atoms with Crippen molar-refractivity contribution < 1.29 is 0 Å². The quantitative estimate of drug-likeness (QED) is 0.728. The van der Waals surface area contributed by atoms with Crippen LogP contribution in [-0.2, 0) is 0 Å². The number of likely N-dealkylation sites (N-methyl/N-ethyl adjacent to an activating group) is 1. The first-order valence-corrected chi connectivity index (χ1v) is 7.43. The Balaban J connectivity index is 1.41. The van der Waals surface area contributed by atoms with Crippen molar-refractivity contribution in [2.45, 2.75) is 32.7 Å². The fourth-order valence-electron chi connectivity index (χ4n) is 4.03. The third kappa shape index (κ3) is 2.13. The van der Waals surface area contributed by atoms with Gasteiger partial charge in [-0.2, -0.15) is 0 Å². The maximum Gasteiger partial charge on any atom is 0.0113 e. The Kier molecular flexibility index (Phi) is 3.18. The highest BCUT2D eigenvalue weighted by Crippen LogP contribution is 2.50. The third-order valence-electron chi connectivity index (χ3n) is 5.27. The molecule has 1 aliphatic carbocycles. The van der Waals surface area contributed by atoms with Crippen LogP contribution in [0.1, 0.15) is 26.7 Å². The van der Waals surface area contributed by atoms with Gasteiger partial charge in [0, 0.05) is 45.3 Å². The maximum atomic E-state index is 2.76. The topological polar surface area (TPSA) is 9.72 Å². The number of hydrogen-bond donors (Lipinski definition) is 0. The van der Waals surface area contributed by atoms with E-state index in [2.05, 4.69) is 28.5 Å². The molecule has 0 N–H and O–H groups in total. The zero-order valence-corrected chi connectivity index (χ0v) is 11.5. The summed E-state index contributed by atoms with van der Waals surface area (Å²) in [6.07, 6.45) is 2.96. The van der Waals surface area contributed by atoms with E-state index in [1.165, 1.54) is 65.2 Å². The highest BCUT2D eigenvalue weighted by Gasteiger charge is 2.53. The average molecular weight is 237 g/mol. The van der Waals surface area contributed by atoms with E-state index in [0.717, 1.165) is 11.5 Å². The smallest absolute Gasteiger partial charge is 0.0113 e. The third-order valence-corrected chi connectivity index (χ3v) is 5.27. The minimum Gasteiger partial charge on any atom is -0.302 e. The van der Waals surface area contributed by atoms with Crippen molar-refractivity contribution in [3.8, 4) is 0 Å². The van der Waals surface area contributed by atoms with Crippen molar-refractivity contribution >= 4 is 0 Å². The molecule has 0 radical (unpaired) electrons. The first kappa shape index (κ1) is 11.9. The van der Waals surface area contributed by atoms with Gasteiger partial charge in [0.2, 0.25) is 0 Å². The molecule has 3 heteroatoms. The van der Waals surface area contributed by atoms with E-state index in [1.807, 2.05) is 0 Å².